The monoisotopic (exact) mass is 307 g/mol. The van der Waals surface area contributed by atoms with Gasteiger partial charge >= 0.3 is 0 Å². The summed E-state index contributed by atoms with van der Waals surface area (Å²) >= 11 is 0. The van der Waals surface area contributed by atoms with E-state index in [1.807, 2.05) is 6.92 Å². The second kappa shape index (κ2) is 6.74. The predicted octanol–water partition coefficient (Wildman–Crippen LogP) is 1.26. The van der Waals surface area contributed by atoms with E-state index in [1.165, 1.54) is 6.07 Å². The molecular formula is C15H21N3O4. The lowest BCUT2D eigenvalue weighted by atomic mass is 9.96. The Labute approximate surface area is 129 Å². The van der Waals surface area contributed by atoms with Gasteiger partial charge in [0.15, 0.2) is 0 Å². The van der Waals surface area contributed by atoms with Crippen molar-refractivity contribution in [1.82, 2.24) is 4.90 Å². The molecule has 22 heavy (non-hydrogen) atoms. The highest BCUT2D eigenvalue weighted by atomic mass is 16.6. The average molecular weight is 307 g/mol. The Bertz CT molecular complexity index is 563. The summed E-state index contributed by atoms with van der Waals surface area (Å²) in [5.74, 6) is 0.0589. The Morgan fingerprint density at radius 2 is 2.18 bits per heavy atom. The van der Waals surface area contributed by atoms with Crippen molar-refractivity contribution < 1.29 is 14.8 Å². The van der Waals surface area contributed by atoms with Crippen LogP contribution in [0.5, 0.6) is 0 Å². The number of rotatable bonds is 4. The van der Waals surface area contributed by atoms with Gasteiger partial charge in [-0.3, -0.25) is 14.9 Å². The molecule has 1 aromatic rings. The highest BCUT2D eigenvalue weighted by molar-refractivity contribution is 5.82. The fourth-order valence-electron chi connectivity index (χ4n) is 2.60. The first-order valence-corrected chi connectivity index (χ1v) is 7.30. The predicted molar refractivity (Wildman–Crippen MR) is 82.7 cm³/mol. The number of anilines is 1. The summed E-state index contributed by atoms with van der Waals surface area (Å²) < 4.78 is 0. The zero-order valence-electron chi connectivity index (χ0n) is 12.8. The minimum Gasteiger partial charge on any atom is -0.391 e. The van der Waals surface area contributed by atoms with Crippen molar-refractivity contribution in [2.24, 2.45) is 5.92 Å². The van der Waals surface area contributed by atoms with Gasteiger partial charge in [-0.25, -0.2) is 0 Å². The van der Waals surface area contributed by atoms with Gasteiger partial charge < -0.3 is 14.9 Å². The second-order valence-corrected chi connectivity index (χ2v) is 5.77. The fourth-order valence-corrected chi connectivity index (χ4v) is 2.60. The van der Waals surface area contributed by atoms with Crippen molar-refractivity contribution in [3.05, 3.63) is 34.4 Å². The van der Waals surface area contributed by atoms with Crippen molar-refractivity contribution in [3.8, 4) is 0 Å². The van der Waals surface area contributed by atoms with Crippen LogP contribution in [0.25, 0.3) is 0 Å². The number of nitro benzene ring substituents is 1. The number of benzene rings is 1. The molecule has 0 spiro atoms. The van der Waals surface area contributed by atoms with Crippen LogP contribution in [0.2, 0.25) is 0 Å². The first kappa shape index (κ1) is 16.2. The quantitative estimate of drug-likeness (QED) is 0.668. The lowest BCUT2D eigenvalue weighted by molar-refractivity contribution is -0.384. The standard InChI is InChI=1S/C15H21N3O4/c1-11-7-8-17(9-14(11)19)15(20)10-16(2)12-5-3-4-6-13(12)18(21)22/h3-6,11,14,19H,7-10H2,1-2H3. The number of aliphatic hydroxyl groups excluding tert-OH is 1. The van der Waals surface area contributed by atoms with E-state index >= 15 is 0 Å². The average Bonchev–Trinajstić information content (AvgIpc) is 2.49. The van der Waals surface area contributed by atoms with Crippen molar-refractivity contribution in [2.45, 2.75) is 19.4 Å². The topological polar surface area (TPSA) is 86.9 Å². The number of β-amino-alcohol motifs (C(OH)–C–C–N with tert-alkyl or cyclic N) is 1. The summed E-state index contributed by atoms with van der Waals surface area (Å²) in [4.78, 5) is 26.1. The number of para-hydroxylation sites is 2. The molecule has 0 saturated carbocycles. The third kappa shape index (κ3) is 3.54. The molecule has 0 bridgehead atoms. The molecular weight excluding hydrogens is 286 g/mol. The number of hydrogen-bond acceptors (Lipinski definition) is 5. The highest BCUT2D eigenvalue weighted by Gasteiger charge is 2.28. The molecule has 7 nitrogen and oxygen atoms in total. The summed E-state index contributed by atoms with van der Waals surface area (Å²) in [6.07, 6.45) is 0.260. The van der Waals surface area contributed by atoms with Gasteiger partial charge in [0.25, 0.3) is 5.69 Å². The van der Waals surface area contributed by atoms with E-state index in [-0.39, 0.29) is 24.1 Å². The first-order valence-electron chi connectivity index (χ1n) is 7.30. The van der Waals surface area contributed by atoms with E-state index in [0.29, 0.717) is 18.8 Å². The Kier molecular flexibility index (Phi) is 4.97. The number of carbonyl (C=O) groups is 1. The molecule has 7 heteroatoms. The molecule has 1 amide bonds. The maximum Gasteiger partial charge on any atom is 0.292 e. The lowest BCUT2D eigenvalue weighted by Crippen LogP contribution is -2.48. The van der Waals surface area contributed by atoms with E-state index < -0.39 is 11.0 Å². The van der Waals surface area contributed by atoms with Crippen LogP contribution >= 0.6 is 0 Å². The number of likely N-dealkylation sites (tertiary alicyclic amines) is 1. The molecule has 0 aliphatic carbocycles. The van der Waals surface area contributed by atoms with Crippen LogP contribution in [0.4, 0.5) is 11.4 Å². The molecule has 2 unspecified atom stereocenters. The minimum atomic E-state index is -0.505. The van der Waals surface area contributed by atoms with Crippen molar-refractivity contribution in [1.29, 1.82) is 0 Å². The van der Waals surface area contributed by atoms with E-state index in [9.17, 15) is 20.0 Å². The molecule has 1 N–H and O–H groups in total. The third-order valence-electron chi connectivity index (χ3n) is 4.13. The second-order valence-electron chi connectivity index (χ2n) is 5.77. The van der Waals surface area contributed by atoms with Gasteiger partial charge in [-0.05, 0) is 18.4 Å². The highest BCUT2D eigenvalue weighted by Crippen LogP contribution is 2.26. The molecule has 120 valence electrons. The Morgan fingerprint density at radius 3 is 2.82 bits per heavy atom. The van der Waals surface area contributed by atoms with E-state index in [1.54, 1.807) is 35.0 Å². The summed E-state index contributed by atoms with van der Waals surface area (Å²) in [5.41, 5.74) is 0.386. The first-order chi connectivity index (χ1) is 10.4. The fraction of sp³-hybridized carbons (Fsp3) is 0.533. The van der Waals surface area contributed by atoms with Crippen LogP contribution in [0, 0.1) is 16.0 Å². The van der Waals surface area contributed by atoms with Crippen molar-refractivity contribution in [3.63, 3.8) is 0 Å². The number of hydrogen-bond donors (Lipinski definition) is 1. The third-order valence-corrected chi connectivity index (χ3v) is 4.13. The summed E-state index contributed by atoms with van der Waals surface area (Å²) in [6, 6.07) is 6.34. The Morgan fingerprint density at radius 1 is 1.50 bits per heavy atom. The van der Waals surface area contributed by atoms with Crippen LogP contribution in [0.3, 0.4) is 0 Å². The summed E-state index contributed by atoms with van der Waals surface area (Å²) in [5, 5.41) is 20.9. The van der Waals surface area contributed by atoms with Crippen LogP contribution in [0.15, 0.2) is 24.3 Å². The van der Waals surface area contributed by atoms with Crippen molar-refractivity contribution in [2.75, 3.05) is 31.6 Å². The smallest absolute Gasteiger partial charge is 0.292 e. The number of amides is 1. The lowest BCUT2D eigenvalue weighted by Gasteiger charge is -2.35. The normalized spacial score (nSPS) is 21.5. The number of nitro groups is 1. The Hall–Kier alpha value is -2.15. The molecule has 1 aliphatic heterocycles. The van der Waals surface area contributed by atoms with Crippen LogP contribution in [0.1, 0.15) is 13.3 Å². The van der Waals surface area contributed by atoms with Gasteiger partial charge in [0.05, 0.1) is 17.6 Å². The van der Waals surface area contributed by atoms with Crippen molar-refractivity contribution >= 4 is 17.3 Å². The molecule has 1 aliphatic rings. The van der Waals surface area contributed by atoms with Gasteiger partial charge in [-0.15, -0.1) is 0 Å². The van der Waals surface area contributed by atoms with Gasteiger partial charge in [-0.2, -0.15) is 0 Å². The molecule has 1 saturated heterocycles. The summed E-state index contributed by atoms with van der Waals surface area (Å²) in [6.45, 7) is 2.95. The molecule has 0 radical (unpaired) electrons. The zero-order valence-corrected chi connectivity index (χ0v) is 12.8. The number of nitrogens with zero attached hydrogens (tertiary/aromatic N) is 3. The van der Waals surface area contributed by atoms with Gasteiger partial charge in [0.1, 0.15) is 5.69 Å². The van der Waals surface area contributed by atoms with Crippen LogP contribution in [-0.2, 0) is 4.79 Å². The number of aliphatic hydroxyl groups is 1. The van der Waals surface area contributed by atoms with E-state index in [4.69, 9.17) is 0 Å². The van der Waals surface area contributed by atoms with E-state index in [2.05, 4.69) is 0 Å². The zero-order chi connectivity index (χ0) is 16.3. The SMILES string of the molecule is CC1CCN(C(=O)CN(C)c2ccccc2[N+](=O)[O-])CC1O. The molecule has 1 aromatic carbocycles. The largest absolute Gasteiger partial charge is 0.391 e. The van der Waals surface area contributed by atoms with Gasteiger partial charge in [0.2, 0.25) is 5.91 Å². The molecule has 2 rings (SSSR count). The Balaban J connectivity index is 2.04. The van der Waals surface area contributed by atoms with Crippen LogP contribution < -0.4 is 4.90 Å². The molecule has 1 heterocycles. The number of carbonyl (C=O) groups excluding carboxylic acids is 1. The summed E-state index contributed by atoms with van der Waals surface area (Å²) in [7, 11) is 1.66. The van der Waals surface area contributed by atoms with Crippen LogP contribution in [-0.4, -0.2) is 53.6 Å². The molecule has 1 fully saturated rings. The minimum absolute atomic E-state index is 0.0231. The number of likely N-dealkylation sites (N-methyl/N-ethyl adjacent to an activating group) is 1. The van der Waals surface area contributed by atoms with E-state index in [0.717, 1.165) is 6.42 Å². The van der Waals surface area contributed by atoms with Gasteiger partial charge in [-0.1, -0.05) is 19.1 Å². The molecule has 2 atom stereocenters. The number of piperidine rings is 1. The maximum absolute atomic E-state index is 12.3. The maximum atomic E-state index is 12.3. The van der Waals surface area contributed by atoms with Gasteiger partial charge in [0, 0.05) is 26.2 Å². The molecule has 0 aromatic heterocycles.